The van der Waals surface area contributed by atoms with Gasteiger partial charge in [0.1, 0.15) is 5.82 Å². The van der Waals surface area contributed by atoms with Crippen LogP contribution in [0.4, 0.5) is 10.1 Å². The van der Waals surface area contributed by atoms with E-state index < -0.39 is 5.82 Å². The average Bonchev–Trinajstić information content (AvgIpc) is 2.46. The number of carbonyl (C=O) groups excluding carboxylic acids is 1. The lowest BCUT2D eigenvalue weighted by atomic mass is 9.98. The van der Waals surface area contributed by atoms with Crippen LogP contribution in [0.1, 0.15) is 21.5 Å². The number of nitrogen functional groups attached to an aromatic ring is 1. The molecule has 0 spiro atoms. The van der Waals surface area contributed by atoms with Crippen molar-refractivity contribution in [2.75, 3.05) is 12.3 Å². The van der Waals surface area contributed by atoms with Crippen LogP contribution in [0.2, 0.25) is 5.02 Å². The second kappa shape index (κ2) is 5.37. The molecule has 0 aromatic heterocycles. The van der Waals surface area contributed by atoms with E-state index in [1.807, 2.05) is 18.2 Å². The van der Waals surface area contributed by atoms with Gasteiger partial charge in [-0.3, -0.25) is 4.79 Å². The second-order valence-electron chi connectivity index (χ2n) is 5.10. The minimum atomic E-state index is -0.592. The molecule has 3 rings (SSSR count). The smallest absolute Gasteiger partial charge is 0.258 e. The van der Waals surface area contributed by atoms with Crippen molar-refractivity contribution in [3.63, 3.8) is 0 Å². The van der Waals surface area contributed by atoms with Crippen molar-refractivity contribution >= 4 is 23.2 Å². The van der Waals surface area contributed by atoms with E-state index in [4.69, 9.17) is 17.3 Å². The number of hydrogen-bond donors (Lipinski definition) is 1. The summed E-state index contributed by atoms with van der Waals surface area (Å²) in [6.45, 7) is 0.963. The molecule has 0 saturated carbocycles. The lowest BCUT2D eigenvalue weighted by Gasteiger charge is -2.29. The standard InChI is InChI=1S/C16H14ClFN2O/c17-13-2-1-3-14(18)15(13)16(21)20-7-6-10-4-5-12(19)8-11(10)9-20/h1-5,8H,6-7,9,19H2. The number of hydrogen-bond acceptors (Lipinski definition) is 2. The molecule has 1 aliphatic heterocycles. The number of nitrogens with two attached hydrogens (primary N) is 1. The van der Waals surface area contributed by atoms with E-state index in [1.165, 1.54) is 23.8 Å². The van der Waals surface area contributed by atoms with Gasteiger partial charge in [-0.05, 0) is 41.8 Å². The van der Waals surface area contributed by atoms with Crippen LogP contribution in [0.5, 0.6) is 0 Å². The van der Waals surface area contributed by atoms with Crippen molar-refractivity contribution in [3.8, 4) is 0 Å². The number of rotatable bonds is 1. The van der Waals surface area contributed by atoms with Crippen molar-refractivity contribution in [1.82, 2.24) is 4.90 Å². The number of nitrogens with zero attached hydrogens (tertiary/aromatic N) is 1. The van der Waals surface area contributed by atoms with Crippen molar-refractivity contribution in [1.29, 1.82) is 0 Å². The van der Waals surface area contributed by atoms with Crippen LogP contribution in [-0.2, 0) is 13.0 Å². The van der Waals surface area contributed by atoms with Gasteiger partial charge in [0.2, 0.25) is 0 Å². The van der Waals surface area contributed by atoms with E-state index in [0.29, 0.717) is 18.8 Å². The third kappa shape index (κ3) is 2.59. The van der Waals surface area contributed by atoms with Crippen LogP contribution in [0.3, 0.4) is 0 Å². The van der Waals surface area contributed by atoms with Crippen molar-refractivity contribution in [3.05, 3.63) is 63.9 Å². The zero-order valence-electron chi connectivity index (χ0n) is 11.3. The van der Waals surface area contributed by atoms with E-state index in [0.717, 1.165) is 12.0 Å². The van der Waals surface area contributed by atoms with Gasteiger partial charge in [0.25, 0.3) is 5.91 Å². The van der Waals surface area contributed by atoms with Crippen LogP contribution in [0.15, 0.2) is 36.4 Å². The van der Waals surface area contributed by atoms with E-state index in [2.05, 4.69) is 0 Å². The quantitative estimate of drug-likeness (QED) is 0.822. The minimum absolute atomic E-state index is 0.0634. The molecule has 0 saturated heterocycles. The molecule has 2 N–H and O–H groups in total. The highest BCUT2D eigenvalue weighted by atomic mass is 35.5. The Morgan fingerprint density at radius 3 is 2.81 bits per heavy atom. The molecule has 0 atom stereocenters. The maximum absolute atomic E-state index is 13.9. The number of anilines is 1. The fourth-order valence-corrected chi connectivity index (χ4v) is 2.85. The van der Waals surface area contributed by atoms with Gasteiger partial charge in [-0.2, -0.15) is 0 Å². The first kappa shape index (κ1) is 13.9. The fraction of sp³-hybridized carbons (Fsp3) is 0.188. The largest absolute Gasteiger partial charge is 0.399 e. The van der Waals surface area contributed by atoms with Gasteiger partial charge < -0.3 is 10.6 Å². The summed E-state index contributed by atoms with van der Waals surface area (Å²) in [5.74, 6) is -0.975. The zero-order chi connectivity index (χ0) is 15.0. The summed E-state index contributed by atoms with van der Waals surface area (Å²) in [7, 11) is 0. The molecule has 21 heavy (non-hydrogen) atoms. The van der Waals surface area contributed by atoms with Gasteiger partial charge in [0, 0.05) is 18.8 Å². The first-order valence-corrected chi connectivity index (χ1v) is 7.04. The third-order valence-electron chi connectivity index (χ3n) is 3.71. The Hall–Kier alpha value is -2.07. The Kier molecular flexibility index (Phi) is 3.55. The topological polar surface area (TPSA) is 46.3 Å². The van der Waals surface area contributed by atoms with Gasteiger partial charge in [0.15, 0.2) is 0 Å². The molecule has 2 aromatic rings. The summed E-state index contributed by atoms with van der Waals surface area (Å²) >= 11 is 5.96. The van der Waals surface area contributed by atoms with Gasteiger partial charge in [-0.25, -0.2) is 4.39 Å². The molecule has 0 radical (unpaired) electrons. The lowest BCUT2D eigenvalue weighted by Crippen LogP contribution is -2.36. The van der Waals surface area contributed by atoms with Crippen LogP contribution >= 0.6 is 11.6 Å². The molecule has 2 aromatic carbocycles. The molecular formula is C16H14ClFN2O. The summed E-state index contributed by atoms with van der Waals surface area (Å²) in [5.41, 5.74) is 8.55. The summed E-state index contributed by atoms with van der Waals surface area (Å²) in [4.78, 5) is 14.1. The predicted octanol–water partition coefficient (Wildman–Crippen LogP) is 3.26. The lowest BCUT2D eigenvalue weighted by molar-refractivity contribution is 0.0730. The predicted molar refractivity (Wildman–Crippen MR) is 80.7 cm³/mol. The van der Waals surface area contributed by atoms with Crippen molar-refractivity contribution in [2.24, 2.45) is 0 Å². The number of halogens is 2. The molecule has 0 fully saturated rings. The summed E-state index contributed by atoms with van der Waals surface area (Å²) in [6.07, 6.45) is 0.730. The number of amides is 1. The summed E-state index contributed by atoms with van der Waals surface area (Å²) in [5, 5.41) is 0.137. The highest BCUT2D eigenvalue weighted by Gasteiger charge is 2.25. The molecule has 5 heteroatoms. The average molecular weight is 305 g/mol. The Morgan fingerprint density at radius 1 is 1.24 bits per heavy atom. The Labute approximate surface area is 127 Å². The summed E-state index contributed by atoms with van der Waals surface area (Å²) < 4.78 is 13.9. The van der Waals surface area contributed by atoms with Crippen molar-refractivity contribution < 1.29 is 9.18 Å². The van der Waals surface area contributed by atoms with Crippen LogP contribution < -0.4 is 5.73 Å². The molecular weight excluding hydrogens is 291 g/mol. The normalized spacial score (nSPS) is 13.9. The van der Waals surface area contributed by atoms with E-state index >= 15 is 0 Å². The van der Waals surface area contributed by atoms with Crippen molar-refractivity contribution in [2.45, 2.75) is 13.0 Å². The fourth-order valence-electron chi connectivity index (χ4n) is 2.61. The highest BCUT2D eigenvalue weighted by Crippen LogP contribution is 2.26. The molecule has 0 aliphatic carbocycles. The van der Waals surface area contributed by atoms with Gasteiger partial charge in [0.05, 0.1) is 10.6 Å². The highest BCUT2D eigenvalue weighted by molar-refractivity contribution is 6.33. The van der Waals surface area contributed by atoms with Gasteiger partial charge in [-0.15, -0.1) is 0 Å². The van der Waals surface area contributed by atoms with Crippen LogP contribution in [-0.4, -0.2) is 17.4 Å². The molecule has 1 aliphatic rings. The van der Waals surface area contributed by atoms with Gasteiger partial charge >= 0.3 is 0 Å². The minimum Gasteiger partial charge on any atom is -0.399 e. The first-order valence-electron chi connectivity index (χ1n) is 6.67. The molecule has 3 nitrogen and oxygen atoms in total. The number of benzene rings is 2. The van der Waals surface area contributed by atoms with E-state index in [9.17, 15) is 9.18 Å². The number of carbonyl (C=O) groups is 1. The van der Waals surface area contributed by atoms with Gasteiger partial charge in [-0.1, -0.05) is 23.7 Å². The molecule has 108 valence electrons. The van der Waals surface area contributed by atoms with E-state index in [1.54, 1.807) is 4.90 Å². The SMILES string of the molecule is Nc1ccc2c(c1)CN(C(=O)c1c(F)cccc1Cl)CC2. The maximum atomic E-state index is 13.9. The summed E-state index contributed by atoms with van der Waals surface area (Å²) in [6, 6.07) is 9.94. The monoisotopic (exact) mass is 304 g/mol. The first-order chi connectivity index (χ1) is 10.1. The third-order valence-corrected chi connectivity index (χ3v) is 4.02. The maximum Gasteiger partial charge on any atom is 0.258 e. The van der Waals surface area contributed by atoms with Crippen LogP contribution in [0.25, 0.3) is 0 Å². The Morgan fingerprint density at radius 2 is 2.05 bits per heavy atom. The van der Waals surface area contributed by atoms with Crippen LogP contribution in [0, 0.1) is 5.82 Å². The molecule has 0 unspecified atom stereocenters. The zero-order valence-corrected chi connectivity index (χ0v) is 12.0. The Balaban J connectivity index is 1.91. The van der Waals surface area contributed by atoms with E-state index in [-0.39, 0.29) is 16.5 Å². The number of fused-ring (bicyclic) bond motifs is 1. The molecule has 1 amide bonds. The molecule has 1 heterocycles. The Bertz CT molecular complexity index is 697. The second-order valence-corrected chi connectivity index (χ2v) is 5.51. The molecule has 0 bridgehead atoms.